The summed E-state index contributed by atoms with van der Waals surface area (Å²) in [6.07, 6.45) is 1.58. The Morgan fingerprint density at radius 2 is 2.21 bits per heavy atom. The molecule has 0 saturated carbocycles. The second-order valence-corrected chi connectivity index (χ2v) is 5.69. The molecule has 2 heterocycles. The Balaban J connectivity index is 2.03. The van der Waals surface area contributed by atoms with Crippen molar-refractivity contribution in [1.29, 1.82) is 0 Å². The van der Waals surface area contributed by atoms with E-state index in [1.165, 1.54) is 27.3 Å². The minimum Gasteiger partial charge on any atom is -0.481 e. The highest BCUT2D eigenvalue weighted by atomic mass is 16.5. The molecular weight excluding hydrogens is 314 g/mol. The van der Waals surface area contributed by atoms with Crippen LogP contribution in [0.2, 0.25) is 0 Å². The minimum atomic E-state index is -0.869. The molecular formula is C16H23N3O5. The second kappa shape index (κ2) is 8.07. The number of hydrogen-bond acceptors (Lipinski definition) is 6. The highest BCUT2D eigenvalue weighted by molar-refractivity contribution is 5.91. The van der Waals surface area contributed by atoms with E-state index in [1.54, 1.807) is 17.0 Å². The Morgan fingerprint density at radius 3 is 2.79 bits per heavy atom. The predicted molar refractivity (Wildman–Crippen MR) is 86.8 cm³/mol. The van der Waals surface area contributed by atoms with Crippen LogP contribution in [0.25, 0.3) is 0 Å². The molecule has 2 rings (SSSR count). The fourth-order valence-electron chi connectivity index (χ4n) is 2.55. The van der Waals surface area contributed by atoms with Crippen molar-refractivity contribution in [2.24, 2.45) is 0 Å². The fourth-order valence-corrected chi connectivity index (χ4v) is 2.55. The molecule has 8 nitrogen and oxygen atoms in total. The zero-order chi connectivity index (χ0) is 17.6. The molecule has 1 N–H and O–H groups in total. The van der Waals surface area contributed by atoms with Crippen LogP contribution in [0, 0.1) is 0 Å². The number of carbonyl (C=O) groups is 2. The van der Waals surface area contributed by atoms with Crippen molar-refractivity contribution in [1.82, 2.24) is 9.88 Å². The third-order valence-corrected chi connectivity index (χ3v) is 3.94. The molecule has 0 bridgehead atoms. The van der Waals surface area contributed by atoms with Crippen LogP contribution in [-0.4, -0.2) is 67.8 Å². The Hall–Kier alpha value is -2.19. The molecule has 0 aliphatic carbocycles. The van der Waals surface area contributed by atoms with Crippen molar-refractivity contribution in [3.8, 4) is 5.88 Å². The Labute approximate surface area is 141 Å². The Bertz CT molecular complexity index is 578. The summed E-state index contributed by atoms with van der Waals surface area (Å²) in [6.45, 7) is 2.97. The number of aromatic nitrogens is 1. The van der Waals surface area contributed by atoms with E-state index in [-0.39, 0.29) is 24.8 Å². The van der Waals surface area contributed by atoms with Crippen LogP contribution < -0.4 is 10.1 Å². The first kappa shape index (κ1) is 18.2. The van der Waals surface area contributed by atoms with Crippen molar-refractivity contribution >= 4 is 17.5 Å². The molecule has 0 aromatic carbocycles. The van der Waals surface area contributed by atoms with Gasteiger partial charge in [0.2, 0.25) is 17.7 Å². The zero-order valence-corrected chi connectivity index (χ0v) is 14.2. The lowest BCUT2D eigenvalue weighted by molar-refractivity contribution is -0.137. The molecule has 1 aromatic heterocycles. The van der Waals surface area contributed by atoms with Gasteiger partial charge in [0.05, 0.1) is 45.2 Å². The molecule has 1 aliphatic rings. The van der Waals surface area contributed by atoms with Gasteiger partial charge in [-0.15, -0.1) is 0 Å². The van der Waals surface area contributed by atoms with Gasteiger partial charge >= 0.3 is 0 Å². The van der Waals surface area contributed by atoms with E-state index in [2.05, 4.69) is 10.3 Å². The number of methoxy groups -OCH3 is 2. The molecule has 1 aromatic rings. The molecule has 2 amide bonds. The first-order chi connectivity index (χ1) is 11.5. The van der Waals surface area contributed by atoms with Gasteiger partial charge < -0.3 is 24.4 Å². The Morgan fingerprint density at radius 1 is 1.42 bits per heavy atom. The van der Waals surface area contributed by atoms with Gasteiger partial charge in [-0.3, -0.25) is 9.59 Å². The van der Waals surface area contributed by atoms with Gasteiger partial charge in [-0.2, -0.15) is 0 Å². The van der Waals surface area contributed by atoms with Crippen LogP contribution in [-0.2, 0) is 19.1 Å². The summed E-state index contributed by atoms with van der Waals surface area (Å²) in [7, 11) is 3.05. The molecule has 0 radical (unpaired) electrons. The van der Waals surface area contributed by atoms with Crippen molar-refractivity contribution < 1.29 is 23.8 Å². The van der Waals surface area contributed by atoms with E-state index in [9.17, 15) is 9.59 Å². The topological polar surface area (TPSA) is 90.0 Å². The molecule has 8 heteroatoms. The summed E-state index contributed by atoms with van der Waals surface area (Å²) in [6, 6.07) is 3.36. The van der Waals surface area contributed by atoms with Crippen LogP contribution in [0.1, 0.15) is 13.3 Å². The number of hydrogen-bond donors (Lipinski definition) is 1. The van der Waals surface area contributed by atoms with Gasteiger partial charge in [-0.25, -0.2) is 4.98 Å². The highest BCUT2D eigenvalue weighted by Gasteiger charge is 2.38. The van der Waals surface area contributed by atoms with Crippen LogP contribution in [0.4, 0.5) is 5.69 Å². The normalized spacial score (nSPS) is 21.0. The quantitative estimate of drug-likeness (QED) is 0.850. The lowest BCUT2D eigenvalue weighted by Gasteiger charge is -2.33. The summed E-state index contributed by atoms with van der Waals surface area (Å²) < 4.78 is 16.1. The third kappa shape index (κ3) is 4.65. The van der Waals surface area contributed by atoms with Crippen molar-refractivity contribution in [3.05, 3.63) is 18.3 Å². The van der Waals surface area contributed by atoms with Crippen molar-refractivity contribution in [3.63, 3.8) is 0 Å². The Kier molecular flexibility index (Phi) is 6.10. The highest BCUT2D eigenvalue weighted by Crippen LogP contribution is 2.22. The summed E-state index contributed by atoms with van der Waals surface area (Å²) in [4.78, 5) is 29.7. The number of pyridine rings is 1. The maximum absolute atomic E-state index is 12.4. The van der Waals surface area contributed by atoms with Gasteiger partial charge in [0.25, 0.3) is 0 Å². The largest absolute Gasteiger partial charge is 0.481 e. The number of nitrogens with one attached hydrogen (secondary N) is 1. The van der Waals surface area contributed by atoms with Gasteiger partial charge in [0.1, 0.15) is 5.60 Å². The van der Waals surface area contributed by atoms with Crippen LogP contribution in [0.3, 0.4) is 0 Å². The van der Waals surface area contributed by atoms with E-state index in [1.807, 2.05) is 0 Å². The molecule has 1 atom stereocenters. The average molecular weight is 337 g/mol. The zero-order valence-electron chi connectivity index (χ0n) is 14.2. The first-order valence-corrected chi connectivity index (χ1v) is 7.66. The van der Waals surface area contributed by atoms with E-state index in [0.29, 0.717) is 31.3 Å². The van der Waals surface area contributed by atoms with Crippen LogP contribution >= 0.6 is 0 Å². The minimum absolute atomic E-state index is 0.0679. The SMILES string of the molecule is COc1ccc(NC(=O)CC2(OC)COCCN(C(C)=O)C2)cn1. The molecule has 132 valence electrons. The standard InChI is InChI=1S/C16H23N3O5/c1-12(20)19-6-7-24-11-16(10-19,23-3)8-14(21)18-13-4-5-15(22-2)17-9-13/h4-5,9H,6-8,10-11H2,1-3H3,(H,18,21). The van der Waals surface area contributed by atoms with Crippen molar-refractivity contribution in [2.75, 3.05) is 45.8 Å². The van der Waals surface area contributed by atoms with Gasteiger partial charge in [0.15, 0.2) is 0 Å². The van der Waals surface area contributed by atoms with E-state index in [4.69, 9.17) is 14.2 Å². The van der Waals surface area contributed by atoms with Gasteiger partial charge in [0, 0.05) is 26.6 Å². The van der Waals surface area contributed by atoms with Gasteiger partial charge in [-0.1, -0.05) is 0 Å². The number of rotatable bonds is 5. The van der Waals surface area contributed by atoms with Crippen molar-refractivity contribution in [2.45, 2.75) is 18.9 Å². The molecule has 0 spiro atoms. The summed E-state index contributed by atoms with van der Waals surface area (Å²) >= 11 is 0. The third-order valence-electron chi connectivity index (χ3n) is 3.94. The van der Waals surface area contributed by atoms with E-state index < -0.39 is 5.60 Å². The first-order valence-electron chi connectivity index (χ1n) is 7.66. The number of anilines is 1. The maximum atomic E-state index is 12.4. The number of amides is 2. The van der Waals surface area contributed by atoms with E-state index >= 15 is 0 Å². The smallest absolute Gasteiger partial charge is 0.227 e. The molecule has 1 unspecified atom stereocenters. The van der Waals surface area contributed by atoms with Gasteiger partial charge in [-0.05, 0) is 6.07 Å². The summed E-state index contributed by atoms with van der Waals surface area (Å²) in [5.74, 6) is 0.162. The summed E-state index contributed by atoms with van der Waals surface area (Å²) in [5, 5.41) is 2.77. The molecule has 24 heavy (non-hydrogen) atoms. The second-order valence-electron chi connectivity index (χ2n) is 5.69. The van der Waals surface area contributed by atoms with Crippen LogP contribution in [0.15, 0.2) is 18.3 Å². The number of nitrogens with zero attached hydrogens (tertiary/aromatic N) is 2. The molecule has 1 aliphatic heterocycles. The number of ether oxygens (including phenoxy) is 3. The molecule has 1 fully saturated rings. The lowest BCUT2D eigenvalue weighted by atomic mass is 9.99. The lowest BCUT2D eigenvalue weighted by Crippen LogP contribution is -2.49. The fraction of sp³-hybridized carbons (Fsp3) is 0.562. The maximum Gasteiger partial charge on any atom is 0.227 e. The number of carbonyl (C=O) groups excluding carboxylic acids is 2. The average Bonchev–Trinajstić information content (AvgIpc) is 2.79. The predicted octanol–water partition coefficient (Wildman–Crippen LogP) is 0.683. The summed E-state index contributed by atoms with van der Waals surface area (Å²) in [5.41, 5.74) is -0.309. The monoisotopic (exact) mass is 337 g/mol. The van der Waals surface area contributed by atoms with Crippen LogP contribution in [0.5, 0.6) is 5.88 Å². The van der Waals surface area contributed by atoms with E-state index in [0.717, 1.165) is 0 Å². The molecule has 1 saturated heterocycles.